The molecule has 26 heavy (non-hydrogen) atoms. The number of amides is 1. The third-order valence-electron chi connectivity index (χ3n) is 3.94. The predicted molar refractivity (Wildman–Crippen MR) is 96.6 cm³/mol. The van der Waals surface area contributed by atoms with Gasteiger partial charge in [-0.1, -0.05) is 18.2 Å². The van der Waals surface area contributed by atoms with Crippen LogP contribution in [0, 0.1) is 5.82 Å². The average Bonchev–Trinajstić information content (AvgIpc) is 3.04. The maximum Gasteiger partial charge on any atom is 0.241 e. The lowest BCUT2D eigenvalue weighted by Gasteiger charge is -2.08. The van der Waals surface area contributed by atoms with E-state index in [1.165, 1.54) is 0 Å². The number of fused-ring (bicyclic) bond motifs is 1. The number of aromatic nitrogens is 1. The molecule has 6 nitrogen and oxygen atoms in total. The molecule has 0 unspecified atom stereocenters. The molecule has 0 bridgehead atoms. The van der Waals surface area contributed by atoms with Gasteiger partial charge in [0.05, 0.1) is 11.4 Å². The smallest absolute Gasteiger partial charge is 0.241 e. The molecule has 0 atom stereocenters. The van der Waals surface area contributed by atoms with Crippen molar-refractivity contribution < 1.29 is 17.6 Å². The van der Waals surface area contributed by atoms with Gasteiger partial charge in [0.25, 0.3) is 0 Å². The first-order valence-corrected chi connectivity index (χ1v) is 9.51. The van der Waals surface area contributed by atoms with E-state index in [-0.39, 0.29) is 11.4 Å². The normalized spacial score (nSPS) is 11.6. The Morgan fingerprint density at radius 3 is 2.58 bits per heavy atom. The minimum Gasteiger partial charge on any atom is -0.361 e. The van der Waals surface area contributed by atoms with Crippen LogP contribution in [0.4, 0.5) is 4.39 Å². The van der Waals surface area contributed by atoms with Gasteiger partial charge < -0.3 is 10.3 Å². The summed E-state index contributed by atoms with van der Waals surface area (Å²) in [6.07, 6.45) is 2.52. The van der Waals surface area contributed by atoms with E-state index in [0.29, 0.717) is 13.0 Å². The maximum atomic E-state index is 12.9. The fraction of sp³-hybridized carbons (Fsp3) is 0.167. The number of halogens is 1. The molecule has 0 saturated heterocycles. The number of rotatable bonds is 7. The first-order valence-electron chi connectivity index (χ1n) is 8.02. The average molecular weight is 375 g/mol. The van der Waals surface area contributed by atoms with E-state index in [1.54, 1.807) is 0 Å². The molecule has 0 saturated carbocycles. The highest BCUT2D eigenvalue weighted by Crippen LogP contribution is 2.17. The minimum atomic E-state index is -3.85. The van der Waals surface area contributed by atoms with Gasteiger partial charge >= 0.3 is 0 Å². The van der Waals surface area contributed by atoms with Crippen molar-refractivity contribution in [2.75, 3.05) is 13.1 Å². The zero-order valence-corrected chi connectivity index (χ0v) is 14.6. The molecular formula is C18H18FN3O3S. The fourth-order valence-electron chi connectivity index (χ4n) is 2.60. The van der Waals surface area contributed by atoms with Crippen LogP contribution in [0.3, 0.4) is 0 Å². The van der Waals surface area contributed by atoms with Crippen LogP contribution >= 0.6 is 0 Å². The Kier molecular flexibility index (Phi) is 5.34. The maximum absolute atomic E-state index is 12.9. The number of hydrogen-bond donors (Lipinski definition) is 3. The predicted octanol–water partition coefficient (Wildman–Crippen LogP) is 1.94. The number of carbonyl (C=O) groups is 1. The van der Waals surface area contributed by atoms with Gasteiger partial charge in [0.2, 0.25) is 15.9 Å². The Hall–Kier alpha value is -2.71. The molecule has 0 aliphatic carbocycles. The Morgan fingerprint density at radius 2 is 1.81 bits per heavy atom. The Morgan fingerprint density at radius 1 is 1.08 bits per heavy atom. The van der Waals surface area contributed by atoms with Crippen molar-refractivity contribution in [3.63, 3.8) is 0 Å². The largest absolute Gasteiger partial charge is 0.361 e. The number of nitrogens with one attached hydrogen (secondary N) is 3. The van der Waals surface area contributed by atoms with Crippen molar-refractivity contribution in [3.05, 3.63) is 66.1 Å². The Labute approximate surface area is 150 Å². The molecule has 1 heterocycles. The standard InChI is InChI=1S/C18H18FN3O3S/c19-14-5-7-15(8-6-14)26(24,25)22-12-18(23)20-10-9-13-11-21-17-4-2-1-3-16(13)17/h1-8,11,21-22H,9-10,12H2,(H,20,23). The van der Waals surface area contributed by atoms with Crippen LogP contribution < -0.4 is 10.0 Å². The Balaban J connectivity index is 1.49. The number of hydrogen-bond acceptors (Lipinski definition) is 3. The van der Waals surface area contributed by atoms with Gasteiger partial charge in [-0.15, -0.1) is 0 Å². The van der Waals surface area contributed by atoms with Crippen LogP contribution in [-0.2, 0) is 21.2 Å². The Bertz CT molecular complexity index is 1010. The molecule has 136 valence electrons. The van der Waals surface area contributed by atoms with Crippen LogP contribution in [0.2, 0.25) is 0 Å². The highest BCUT2D eigenvalue weighted by Gasteiger charge is 2.15. The van der Waals surface area contributed by atoms with Crippen LogP contribution in [0.5, 0.6) is 0 Å². The third-order valence-corrected chi connectivity index (χ3v) is 5.36. The summed E-state index contributed by atoms with van der Waals surface area (Å²) in [6.45, 7) is 0.00650. The quantitative estimate of drug-likeness (QED) is 0.589. The molecule has 3 N–H and O–H groups in total. The van der Waals surface area contributed by atoms with Gasteiger partial charge in [-0.05, 0) is 42.3 Å². The summed E-state index contributed by atoms with van der Waals surface area (Å²) in [7, 11) is -3.85. The van der Waals surface area contributed by atoms with Gasteiger partial charge in [-0.3, -0.25) is 4.79 Å². The number of benzene rings is 2. The van der Waals surface area contributed by atoms with Crippen LogP contribution in [0.25, 0.3) is 10.9 Å². The van der Waals surface area contributed by atoms with E-state index in [9.17, 15) is 17.6 Å². The molecule has 0 radical (unpaired) electrons. The van der Waals surface area contributed by atoms with E-state index < -0.39 is 21.7 Å². The summed E-state index contributed by atoms with van der Waals surface area (Å²) in [4.78, 5) is 14.9. The van der Waals surface area contributed by atoms with E-state index in [0.717, 1.165) is 40.7 Å². The molecule has 8 heteroatoms. The monoisotopic (exact) mass is 375 g/mol. The van der Waals surface area contributed by atoms with E-state index in [1.807, 2.05) is 30.5 Å². The molecule has 2 aromatic carbocycles. The second-order valence-corrected chi connectivity index (χ2v) is 7.50. The highest BCUT2D eigenvalue weighted by atomic mass is 32.2. The van der Waals surface area contributed by atoms with Crippen molar-refractivity contribution >= 4 is 26.8 Å². The SMILES string of the molecule is O=C(CNS(=O)(=O)c1ccc(F)cc1)NCCc1c[nH]c2ccccc12. The summed E-state index contributed by atoms with van der Waals surface area (Å²) < 4.78 is 39.1. The van der Waals surface area contributed by atoms with Crippen LogP contribution in [0.15, 0.2) is 59.6 Å². The van der Waals surface area contributed by atoms with Crippen LogP contribution in [-0.4, -0.2) is 32.4 Å². The zero-order valence-electron chi connectivity index (χ0n) is 13.8. The molecule has 3 rings (SSSR count). The summed E-state index contributed by atoms with van der Waals surface area (Å²) in [5.74, 6) is -0.963. The first-order chi connectivity index (χ1) is 12.5. The van der Waals surface area contributed by atoms with Gasteiger partial charge in [0, 0.05) is 23.6 Å². The van der Waals surface area contributed by atoms with Crippen molar-refractivity contribution in [1.82, 2.24) is 15.0 Å². The molecule has 0 aliphatic rings. The summed E-state index contributed by atoms with van der Waals surface area (Å²) in [5.41, 5.74) is 2.11. The van der Waals surface area contributed by atoms with Gasteiger partial charge in [0.15, 0.2) is 0 Å². The van der Waals surface area contributed by atoms with Gasteiger partial charge in [-0.25, -0.2) is 17.5 Å². The van der Waals surface area contributed by atoms with Crippen molar-refractivity contribution in [3.8, 4) is 0 Å². The number of para-hydroxylation sites is 1. The minimum absolute atomic E-state index is 0.0921. The molecule has 1 aromatic heterocycles. The lowest BCUT2D eigenvalue weighted by atomic mass is 10.1. The van der Waals surface area contributed by atoms with Crippen molar-refractivity contribution in [2.24, 2.45) is 0 Å². The number of carbonyl (C=O) groups excluding carboxylic acids is 1. The number of sulfonamides is 1. The van der Waals surface area contributed by atoms with Gasteiger partial charge in [0.1, 0.15) is 5.82 Å². The fourth-order valence-corrected chi connectivity index (χ4v) is 3.58. The number of aromatic amines is 1. The van der Waals surface area contributed by atoms with Crippen LogP contribution in [0.1, 0.15) is 5.56 Å². The zero-order chi connectivity index (χ0) is 18.6. The summed E-state index contributed by atoms with van der Waals surface area (Å²) >= 11 is 0. The van der Waals surface area contributed by atoms with E-state index >= 15 is 0 Å². The lowest BCUT2D eigenvalue weighted by molar-refractivity contribution is -0.119. The van der Waals surface area contributed by atoms with Gasteiger partial charge in [-0.2, -0.15) is 0 Å². The lowest BCUT2D eigenvalue weighted by Crippen LogP contribution is -2.37. The highest BCUT2D eigenvalue weighted by molar-refractivity contribution is 7.89. The topological polar surface area (TPSA) is 91.1 Å². The van der Waals surface area contributed by atoms with Crippen molar-refractivity contribution in [1.29, 1.82) is 0 Å². The third kappa shape index (κ3) is 4.27. The summed E-state index contributed by atoms with van der Waals surface area (Å²) in [5, 5.41) is 3.78. The van der Waals surface area contributed by atoms with Crippen molar-refractivity contribution in [2.45, 2.75) is 11.3 Å². The molecular weight excluding hydrogens is 357 g/mol. The number of H-pyrrole nitrogens is 1. The first kappa shape index (κ1) is 18.1. The molecule has 1 amide bonds. The van der Waals surface area contributed by atoms with E-state index in [4.69, 9.17) is 0 Å². The molecule has 0 aliphatic heterocycles. The molecule has 3 aromatic rings. The second-order valence-electron chi connectivity index (χ2n) is 5.74. The molecule has 0 fully saturated rings. The summed E-state index contributed by atoms with van der Waals surface area (Å²) in [6, 6.07) is 12.3. The second kappa shape index (κ2) is 7.67. The molecule has 0 spiro atoms. The van der Waals surface area contributed by atoms with E-state index in [2.05, 4.69) is 15.0 Å².